The van der Waals surface area contributed by atoms with Crippen LogP contribution in [0.4, 0.5) is 5.82 Å². The molecule has 0 unspecified atom stereocenters. The molecule has 0 saturated carbocycles. The minimum atomic E-state index is 0.603. The number of pyridine rings is 2. The number of hydrogen-bond acceptors (Lipinski definition) is 11. The molecule has 10 nitrogen and oxygen atoms in total. The van der Waals surface area contributed by atoms with Gasteiger partial charge in [0.05, 0.1) is 22.5 Å². The highest BCUT2D eigenvalue weighted by Gasteiger charge is 2.20. The van der Waals surface area contributed by atoms with Gasteiger partial charge in [-0.25, -0.2) is 20.8 Å². The minimum Gasteiger partial charge on any atom is -0.308 e. The highest BCUT2D eigenvalue weighted by atomic mass is 32.2. The van der Waals surface area contributed by atoms with E-state index in [1.807, 2.05) is 53.3 Å². The average Bonchev–Trinajstić information content (AvgIpc) is 3.73. The van der Waals surface area contributed by atoms with E-state index < -0.39 is 0 Å². The molecule has 5 aromatic heterocycles. The number of rotatable bonds is 7. The number of nitrogens with zero attached hydrogens (tertiary/aromatic N) is 8. The fourth-order valence-corrected chi connectivity index (χ4v) is 7.18. The number of benzene rings is 4. The first-order valence-corrected chi connectivity index (χ1v) is 19.1. The van der Waals surface area contributed by atoms with Crippen molar-refractivity contribution in [3.63, 3.8) is 0 Å². The SMILES string of the molecule is CSc1nc(-c2ccncc2)c(-c2ccc3ccccc3c2)c2nncn12.CSc1nc(NN)c(-c2ccc3ccccc3c2)c(-c2ccncc2)n1. The number of hydrazine groups is 1. The minimum absolute atomic E-state index is 0.603. The molecule has 12 heteroatoms. The maximum atomic E-state index is 5.81. The van der Waals surface area contributed by atoms with E-state index in [4.69, 9.17) is 15.8 Å². The van der Waals surface area contributed by atoms with Crippen LogP contribution in [0.25, 0.3) is 72.0 Å². The Balaban J connectivity index is 0.000000151. The molecule has 9 aromatic rings. The first-order chi connectivity index (χ1) is 26.1. The van der Waals surface area contributed by atoms with Gasteiger partial charge in [-0.2, -0.15) is 0 Å². The Morgan fingerprint density at radius 1 is 0.566 bits per heavy atom. The molecule has 0 fully saturated rings. The quantitative estimate of drug-likeness (QED) is 0.0705. The monoisotopic (exact) mass is 728 g/mol. The van der Waals surface area contributed by atoms with Crippen LogP contribution in [0.3, 0.4) is 0 Å². The van der Waals surface area contributed by atoms with Crippen molar-refractivity contribution in [1.29, 1.82) is 0 Å². The van der Waals surface area contributed by atoms with Gasteiger partial charge in [0.1, 0.15) is 6.33 Å². The molecular weight excluding hydrogens is 697 g/mol. The summed E-state index contributed by atoms with van der Waals surface area (Å²) >= 11 is 3.05. The molecule has 0 aliphatic carbocycles. The standard InChI is InChI=1S/C21H15N5S.C20H17N5S/c1-27-21-24-19(15-8-10-22-11-9-15)18(20-25-23-13-26(20)21)17-7-6-14-4-2-3-5-16(14)12-17;1-26-20-23-18(14-8-10-22-11-9-14)17(19(24-20)25-21)16-7-6-13-4-2-3-5-15(13)12-16/h2-13H,1H3;2-12H,21H2,1H3,(H,23,24,25). The van der Waals surface area contributed by atoms with E-state index in [1.54, 1.807) is 42.9 Å². The Morgan fingerprint density at radius 3 is 1.66 bits per heavy atom. The van der Waals surface area contributed by atoms with Crippen LogP contribution in [0.2, 0.25) is 0 Å². The summed E-state index contributed by atoms with van der Waals surface area (Å²) in [7, 11) is 0. The third-order valence-corrected chi connectivity index (χ3v) is 10.00. The number of hydrogen-bond donors (Lipinski definition) is 2. The van der Waals surface area contributed by atoms with Crippen molar-refractivity contribution in [3.05, 3.63) is 140 Å². The van der Waals surface area contributed by atoms with E-state index in [9.17, 15) is 0 Å². The molecule has 53 heavy (non-hydrogen) atoms. The van der Waals surface area contributed by atoms with Gasteiger partial charge < -0.3 is 5.43 Å². The van der Waals surface area contributed by atoms with Crippen LogP contribution in [0.1, 0.15) is 0 Å². The summed E-state index contributed by atoms with van der Waals surface area (Å²) in [6.07, 6.45) is 12.8. The van der Waals surface area contributed by atoms with E-state index >= 15 is 0 Å². The Labute approximate surface area is 314 Å². The van der Waals surface area contributed by atoms with Crippen molar-refractivity contribution in [1.82, 2.24) is 39.5 Å². The fraction of sp³-hybridized carbons (Fsp3) is 0.0488. The molecule has 0 spiro atoms. The molecule has 0 amide bonds. The first kappa shape index (κ1) is 33.9. The number of fused-ring (bicyclic) bond motifs is 3. The third-order valence-electron chi connectivity index (χ3n) is 8.80. The highest BCUT2D eigenvalue weighted by molar-refractivity contribution is 7.98. The first-order valence-electron chi connectivity index (χ1n) is 16.6. The van der Waals surface area contributed by atoms with Crippen LogP contribution in [0, 0.1) is 0 Å². The van der Waals surface area contributed by atoms with Crippen LogP contribution in [0.5, 0.6) is 0 Å². The number of nitrogens with one attached hydrogen (secondary N) is 1. The fourth-order valence-electron chi connectivity index (χ4n) is 6.30. The van der Waals surface area contributed by atoms with Gasteiger partial charge in [-0.3, -0.25) is 14.4 Å². The molecular formula is C41H32N10S2. The predicted octanol–water partition coefficient (Wildman–Crippen LogP) is 9.09. The molecule has 0 radical (unpaired) electrons. The van der Waals surface area contributed by atoms with Crippen LogP contribution in [-0.4, -0.2) is 52.0 Å². The van der Waals surface area contributed by atoms with Crippen molar-refractivity contribution in [2.75, 3.05) is 17.9 Å². The number of aromatic nitrogens is 8. The van der Waals surface area contributed by atoms with Gasteiger partial charge in [-0.05, 0) is 81.6 Å². The molecule has 0 atom stereocenters. The number of anilines is 1. The van der Waals surface area contributed by atoms with Crippen molar-refractivity contribution in [3.8, 4) is 44.8 Å². The van der Waals surface area contributed by atoms with Crippen LogP contribution in [-0.2, 0) is 0 Å². The zero-order valence-electron chi connectivity index (χ0n) is 28.8. The predicted molar refractivity (Wildman–Crippen MR) is 217 cm³/mol. The van der Waals surface area contributed by atoms with Crippen LogP contribution >= 0.6 is 23.5 Å². The summed E-state index contributed by atoms with van der Waals surface area (Å²) in [6, 6.07) is 37.2. The smallest absolute Gasteiger partial charge is 0.189 e. The van der Waals surface area contributed by atoms with Crippen LogP contribution < -0.4 is 11.3 Å². The Bertz CT molecular complexity index is 2700. The second-order valence-corrected chi connectivity index (χ2v) is 13.4. The summed E-state index contributed by atoms with van der Waals surface area (Å²) in [6.45, 7) is 0. The molecule has 258 valence electrons. The number of nitrogens with two attached hydrogens (primary N) is 1. The van der Waals surface area contributed by atoms with Crippen molar-refractivity contribution >= 4 is 56.5 Å². The van der Waals surface area contributed by atoms with E-state index in [-0.39, 0.29) is 0 Å². The van der Waals surface area contributed by atoms with E-state index in [1.165, 1.54) is 27.9 Å². The van der Waals surface area contributed by atoms with Crippen molar-refractivity contribution in [2.24, 2.45) is 5.84 Å². The van der Waals surface area contributed by atoms with Crippen LogP contribution in [0.15, 0.2) is 151 Å². The number of nitrogen functional groups attached to an aromatic ring is 1. The van der Waals surface area contributed by atoms with Gasteiger partial charge in [0, 0.05) is 35.9 Å². The molecule has 0 aliphatic rings. The molecule has 4 aromatic carbocycles. The molecule has 0 saturated heterocycles. The lowest BCUT2D eigenvalue weighted by Gasteiger charge is -2.15. The molecule has 9 rings (SSSR count). The Morgan fingerprint density at radius 2 is 1.11 bits per heavy atom. The second-order valence-electron chi connectivity index (χ2n) is 11.9. The summed E-state index contributed by atoms with van der Waals surface area (Å²) in [4.78, 5) is 22.5. The summed E-state index contributed by atoms with van der Waals surface area (Å²) in [5.41, 5.74) is 11.2. The molecule has 0 bridgehead atoms. The van der Waals surface area contributed by atoms with Gasteiger partial charge in [0.2, 0.25) is 0 Å². The topological polar surface area (TPSA) is 133 Å². The number of thioether (sulfide) groups is 2. The van der Waals surface area contributed by atoms with Crippen molar-refractivity contribution < 1.29 is 0 Å². The lowest BCUT2D eigenvalue weighted by atomic mass is 9.97. The van der Waals surface area contributed by atoms with E-state index in [0.717, 1.165) is 61.0 Å². The Hall–Kier alpha value is -6.21. The lowest BCUT2D eigenvalue weighted by molar-refractivity contribution is 0.906. The van der Waals surface area contributed by atoms with Gasteiger partial charge in [0.15, 0.2) is 21.8 Å². The molecule has 0 aliphatic heterocycles. The van der Waals surface area contributed by atoms with E-state index in [0.29, 0.717) is 11.0 Å². The van der Waals surface area contributed by atoms with Gasteiger partial charge in [-0.15, -0.1) is 10.2 Å². The summed E-state index contributed by atoms with van der Waals surface area (Å²) in [5, 5.41) is 14.8. The summed E-state index contributed by atoms with van der Waals surface area (Å²) in [5.74, 6) is 6.41. The molecule has 5 heterocycles. The third kappa shape index (κ3) is 6.78. The zero-order chi connectivity index (χ0) is 36.1. The summed E-state index contributed by atoms with van der Waals surface area (Å²) < 4.78 is 1.94. The largest absolute Gasteiger partial charge is 0.308 e. The average molecular weight is 729 g/mol. The maximum absolute atomic E-state index is 5.81. The maximum Gasteiger partial charge on any atom is 0.189 e. The van der Waals surface area contributed by atoms with Gasteiger partial charge in [0.25, 0.3) is 0 Å². The van der Waals surface area contributed by atoms with E-state index in [2.05, 4.69) is 103 Å². The van der Waals surface area contributed by atoms with Crippen molar-refractivity contribution in [2.45, 2.75) is 10.3 Å². The normalized spacial score (nSPS) is 11.1. The van der Waals surface area contributed by atoms with Gasteiger partial charge in [-0.1, -0.05) is 96.3 Å². The second kappa shape index (κ2) is 15.2. The lowest BCUT2D eigenvalue weighted by Crippen LogP contribution is -2.12. The zero-order valence-corrected chi connectivity index (χ0v) is 30.4. The highest BCUT2D eigenvalue weighted by Crippen LogP contribution is 2.39. The Kier molecular flexibility index (Phi) is 9.71. The molecule has 3 N–H and O–H groups in total. The van der Waals surface area contributed by atoms with Gasteiger partial charge >= 0.3 is 0 Å².